The van der Waals surface area contributed by atoms with Crippen LogP contribution in [-0.4, -0.2) is 27.3 Å². The highest BCUT2D eigenvalue weighted by Crippen LogP contribution is 2.39. The van der Waals surface area contributed by atoms with Crippen molar-refractivity contribution in [2.45, 2.75) is 46.5 Å². The molecule has 7 heteroatoms. The first-order chi connectivity index (χ1) is 15.9. The average molecular weight is 460 g/mol. The van der Waals surface area contributed by atoms with Gasteiger partial charge in [-0.2, -0.15) is 10.1 Å². The van der Waals surface area contributed by atoms with Crippen LogP contribution in [0.3, 0.4) is 0 Å². The Balaban J connectivity index is 1.57. The first-order valence-electron chi connectivity index (χ1n) is 11.1. The molecule has 33 heavy (non-hydrogen) atoms. The quantitative estimate of drug-likeness (QED) is 0.521. The van der Waals surface area contributed by atoms with E-state index in [1.807, 2.05) is 67.8 Å². The van der Waals surface area contributed by atoms with Gasteiger partial charge in [0, 0.05) is 16.3 Å². The maximum absolute atomic E-state index is 13.1. The van der Waals surface area contributed by atoms with Crippen molar-refractivity contribution < 1.29 is 14.7 Å². The van der Waals surface area contributed by atoms with Gasteiger partial charge < -0.3 is 9.67 Å². The van der Waals surface area contributed by atoms with Gasteiger partial charge in [0.15, 0.2) is 0 Å². The van der Waals surface area contributed by atoms with Crippen LogP contribution in [0.2, 0.25) is 0 Å². The molecule has 5 rings (SSSR count). The van der Waals surface area contributed by atoms with Crippen LogP contribution in [0, 0.1) is 13.8 Å². The van der Waals surface area contributed by atoms with E-state index in [1.165, 1.54) is 9.89 Å². The minimum absolute atomic E-state index is 0.165. The Kier molecular flexibility index (Phi) is 5.29. The second-order valence-electron chi connectivity index (χ2n) is 8.55. The summed E-state index contributed by atoms with van der Waals surface area (Å²) in [7, 11) is 0. The highest BCUT2D eigenvalue weighted by atomic mass is 32.1. The number of aromatic nitrogens is 1. The van der Waals surface area contributed by atoms with Crippen LogP contribution in [-0.2, 0) is 17.6 Å². The SMILES string of the molecule is CC1=NN(c2ccccc2)C(=O)/C1=C/c1cc(C)n(-c2sc3c(c2C(=O)O)CCCC3)c1C. The molecule has 168 valence electrons. The van der Waals surface area contributed by atoms with Gasteiger partial charge in [0.25, 0.3) is 5.91 Å². The molecule has 1 amide bonds. The van der Waals surface area contributed by atoms with Crippen LogP contribution in [0.4, 0.5) is 5.69 Å². The zero-order valence-corrected chi connectivity index (χ0v) is 19.7. The normalized spacial score (nSPS) is 16.9. The summed E-state index contributed by atoms with van der Waals surface area (Å²) in [5, 5.41) is 16.7. The number of amides is 1. The number of nitrogens with zero attached hydrogens (tertiary/aromatic N) is 3. The molecular formula is C26H25N3O3S. The second kappa shape index (κ2) is 8.15. The minimum Gasteiger partial charge on any atom is -0.478 e. The molecule has 0 saturated heterocycles. The van der Waals surface area contributed by atoms with Crippen molar-refractivity contribution in [3.63, 3.8) is 0 Å². The first-order valence-corrected chi connectivity index (χ1v) is 11.9. The van der Waals surface area contributed by atoms with E-state index in [2.05, 4.69) is 5.10 Å². The lowest BCUT2D eigenvalue weighted by Gasteiger charge is -2.11. The molecule has 0 saturated carbocycles. The third kappa shape index (κ3) is 3.53. The van der Waals surface area contributed by atoms with Crippen molar-refractivity contribution in [3.05, 3.63) is 74.9 Å². The minimum atomic E-state index is -0.871. The fraction of sp³-hybridized carbons (Fsp3) is 0.269. The Morgan fingerprint density at radius 3 is 2.58 bits per heavy atom. The highest BCUT2D eigenvalue weighted by Gasteiger charge is 2.30. The number of hydrogen-bond donors (Lipinski definition) is 1. The lowest BCUT2D eigenvalue weighted by atomic mass is 9.95. The summed E-state index contributed by atoms with van der Waals surface area (Å²) in [5.74, 6) is -1.04. The van der Waals surface area contributed by atoms with Gasteiger partial charge >= 0.3 is 5.97 Å². The monoisotopic (exact) mass is 459 g/mol. The molecule has 0 spiro atoms. The largest absolute Gasteiger partial charge is 0.478 e. The lowest BCUT2D eigenvalue weighted by molar-refractivity contribution is -0.114. The van der Waals surface area contributed by atoms with Crippen LogP contribution in [0.5, 0.6) is 0 Å². The van der Waals surface area contributed by atoms with Gasteiger partial charge in [0.2, 0.25) is 0 Å². The van der Waals surface area contributed by atoms with Gasteiger partial charge in [-0.3, -0.25) is 4.79 Å². The third-order valence-electron chi connectivity index (χ3n) is 6.40. The molecule has 0 atom stereocenters. The fourth-order valence-corrected chi connectivity index (χ4v) is 6.25. The number of carbonyl (C=O) groups is 2. The van der Waals surface area contributed by atoms with E-state index in [0.29, 0.717) is 16.8 Å². The van der Waals surface area contributed by atoms with E-state index in [9.17, 15) is 14.7 Å². The molecular weight excluding hydrogens is 434 g/mol. The van der Waals surface area contributed by atoms with Crippen LogP contribution in [0.25, 0.3) is 11.1 Å². The van der Waals surface area contributed by atoms with Crippen molar-refractivity contribution in [3.8, 4) is 5.00 Å². The molecule has 0 bridgehead atoms. The number of rotatable bonds is 4. The van der Waals surface area contributed by atoms with Crippen molar-refractivity contribution in [1.82, 2.24) is 4.57 Å². The van der Waals surface area contributed by atoms with Crippen molar-refractivity contribution in [1.29, 1.82) is 0 Å². The number of hydrogen-bond acceptors (Lipinski definition) is 4. The summed E-state index contributed by atoms with van der Waals surface area (Å²) in [6, 6.07) is 11.4. The van der Waals surface area contributed by atoms with Gasteiger partial charge in [-0.05, 0) is 81.9 Å². The molecule has 1 N–H and O–H groups in total. The van der Waals surface area contributed by atoms with Crippen LogP contribution < -0.4 is 5.01 Å². The van der Waals surface area contributed by atoms with E-state index in [-0.39, 0.29) is 5.91 Å². The topological polar surface area (TPSA) is 74.9 Å². The second-order valence-corrected chi connectivity index (χ2v) is 9.64. The summed E-state index contributed by atoms with van der Waals surface area (Å²) >= 11 is 1.59. The number of benzene rings is 1. The number of carboxylic acids is 1. The summed E-state index contributed by atoms with van der Waals surface area (Å²) in [5.41, 5.74) is 6.11. The van der Waals surface area contributed by atoms with Crippen LogP contribution in [0.1, 0.15) is 57.5 Å². The Labute approximate surface area is 196 Å². The number of thiophene rings is 1. The number of carboxylic acid groups (broad SMARTS) is 1. The molecule has 3 aromatic rings. The van der Waals surface area contributed by atoms with E-state index >= 15 is 0 Å². The third-order valence-corrected chi connectivity index (χ3v) is 7.68. The summed E-state index contributed by atoms with van der Waals surface area (Å²) in [6.45, 7) is 5.79. The molecule has 2 aliphatic rings. The number of aromatic carboxylic acids is 1. The molecule has 0 fully saturated rings. The van der Waals surface area contributed by atoms with Gasteiger partial charge in [0.1, 0.15) is 5.00 Å². The van der Waals surface area contributed by atoms with Crippen LogP contribution in [0.15, 0.2) is 47.1 Å². The number of carbonyl (C=O) groups excluding carboxylic acids is 1. The highest BCUT2D eigenvalue weighted by molar-refractivity contribution is 7.15. The molecule has 3 heterocycles. The van der Waals surface area contributed by atoms with Gasteiger partial charge in [0.05, 0.1) is 22.5 Å². The van der Waals surface area contributed by atoms with Gasteiger partial charge in [-0.1, -0.05) is 18.2 Å². The number of hydrazone groups is 1. The van der Waals surface area contributed by atoms with E-state index in [4.69, 9.17) is 0 Å². The van der Waals surface area contributed by atoms with Crippen LogP contribution >= 0.6 is 11.3 Å². The van der Waals surface area contributed by atoms with E-state index < -0.39 is 5.97 Å². The predicted molar refractivity (Wildman–Crippen MR) is 132 cm³/mol. The van der Waals surface area contributed by atoms with Crippen molar-refractivity contribution in [2.75, 3.05) is 5.01 Å². The molecule has 0 radical (unpaired) electrons. The number of aryl methyl sites for hydroxylation is 2. The first kappa shape index (κ1) is 21.4. The maximum atomic E-state index is 13.1. The molecule has 1 aliphatic heterocycles. The number of fused-ring (bicyclic) bond motifs is 1. The number of anilines is 1. The summed E-state index contributed by atoms with van der Waals surface area (Å²) in [4.78, 5) is 26.5. The maximum Gasteiger partial charge on any atom is 0.339 e. The zero-order valence-electron chi connectivity index (χ0n) is 18.9. The Morgan fingerprint density at radius 2 is 1.85 bits per heavy atom. The standard InChI is InChI=1S/C26H25N3O3S/c1-15-13-18(14-21-16(2)27-29(24(21)30)19-9-5-4-6-10-19)17(3)28(15)25-23(26(31)32)20-11-7-8-12-22(20)33-25/h4-6,9-10,13-14H,7-8,11-12H2,1-3H3,(H,31,32)/b21-14+. The lowest BCUT2D eigenvalue weighted by Crippen LogP contribution is -2.21. The van der Waals surface area contributed by atoms with E-state index in [0.717, 1.165) is 58.9 Å². The molecule has 6 nitrogen and oxygen atoms in total. The van der Waals surface area contributed by atoms with Gasteiger partial charge in [-0.25, -0.2) is 4.79 Å². The number of para-hydroxylation sites is 1. The van der Waals surface area contributed by atoms with E-state index in [1.54, 1.807) is 11.3 Å². The average Bonchev–Trinajstić information content (AvgIpc) is 3.41. The Hall–Kier alpha value is -3.45. The predicted octanol–water partition coefficient (Wildman–Crippen LogP) is 5.54. The fourth-order valence-electron chi connectivity index (χ4n) is 4.76. The summed E-state index contributed by atoms with van der Waals surface area (Å²) < 4.78 is 2.03. The van der Waals surface area contributed by atoms with Gasteiger partial charge in [-0.15, -0.1) is 11.3 Å². The van der Waals surface area contributed by atoms with Crippen molar-refractivity contribution >= 4 is 40.7 Å². The molecule has 1 aliphatic carbocycles. The Morgan fingerprint density at radius 1 is 1.12 bits per heavy atom. The zero-order chi connectivity index (χ0) is 23.3. The molecule has 2 aromatic heterocycles. The smallest absolute Gasteiger partial charge is 0.339 e. The molecule has 1 aromatic carbocycles. The Bertz CT molecular complexity index is 1340. The summed E-state index contributed by atoms with van der Waals surface area (Å²) in [6.07, 6.45) is 5.77. The van der Waals surface area contributed by atoms with Crippen molar-refractivity contribution in [2.24, 2.45) is 5.10 Å². The molecule has 0 unspecified atom stereocenters.